The van der Waals surface area contributed by atoms with Crippen LogP contribution in [0.1, 0.15) is 36.5 Å². The van der Waals surface area contributed by atoms with Crippen molar-refractivity contribution in [3.63, 3.8) is 0 Å². The van der Waals surface area contributed by atoms with E-state index >= 15 is 0 Å². The Labute approximate surface area is 108 Å². The zero-order valence-electron chi connectivity index (χ0n) is 10.8. The first-order valence-corrected chi connectivity index (χ1v) is 6.08. The highest BCUT2D eigenvalue weighted by atomic mass is 35.5. The van der Waals surface area contributed by atoms with Crippen LogP contribution in [0.2, 0.25) is 5.02 Å². The minimum atomic E-state index is 0.362. The van der Waals surface area contributed by atoms with Gasteiger partial charge in [-0.3, -0.25) is 0 Å². The van der Waals surface area contributed by atoms with Crippen LogP contribution in [0, 0.1) is 6.92 Å². The molecule has 0 bridgehead atoms. The van der Waals surface area contributed by atoms with Crippen LogP contribution in [-0.4, -0.2) is 13.7 Å². The van der Waals surface area contributed by atoms with E-state index in [1.165, 1.54) is 0 Å². The van der Waals surface area contributed by atoms with E-state index in [1.807, 2.05) is 13.0 Å². The Morgan fingerprint density at radius 1 is 1.41 bits per heavy atom. The highest BCUT2D eigenvalue weighted by molar-refractivity contribution is 6.31. The van der Waals surface area contributed by atoms with Gasteiger partial charge in [-0.15, -0.1) is 0 Å². The first-order chi connectivity index (χ1) is 8.02. The van der Waals surface area contributed by atoms with Gasteiger partial charge in [0.15, 0.2) is 0 Å². The lowest BCUT2D eigenvalue weighted by molar-refractivity contribution is 0.140. The van der Waals surface area contributed by atoms with Crippen LogP contribution in [0.5, 0.6) is 5.75 Å². The molecular formula is C13H20ClNO2. The fourth-order valence-electron chi connectivity index (χ4n) is 1.93. The molecule has 96 valence electrons. The molecule has 0 spiro atoms. The number of rotatable bonds is 5. The number of halogens is 1. The Kier molecular flexibility index (Phi) is 5.25. The van der Waals surface area contributed by atoms with E-state index in [0.29, 0.717) is 18.9 Å². The van der Waals surface area contributed by atoms with E-state index < -0.39 is 0 Å². The van der Waals surface area contributed by atoms with Crippen molar-refractivity contribution in [3.05, 3.63) is 27.8 Å². The second kappa shape index (κ2) is 6.24. The predicted octanol–water partition coefficient (Wildman–Crippen LogP) is 3.21. The number of hydrogen-bond donors (Lipinski definition) is 1. The molecule has 0 saturated heterocycles. The second-order valence-electron chi connectivity index (χ2n) is 4.36. The first-order valence-electron chi connectivity index (χ1n) is 5.70. The Morgan fingerprint density at radius 2 is 2.06 bits per heavy atom. The molecule has 17 heavy (non-hydrogen) atoms. The van der Waals surface area contributed by atoms with Gasteiger partial charge in [-0.05, 0) is 30.0 Å². The summed E-state index contributed by atoms with van der Waals surface area (Å²) in [6, 6.07) is 1.98. The lowest BCUT2D eigenvalue weighted by Crippen LogP contribution is -2.08. The molecule has 0 aromatic heterocycles. The summed E-state index contributed by atoms with van der Waals surface area (Å²) in [5.41, 5.74) is 3.23. The minimum absolute atomic E-state index is 0.362. The van der Waals surface area contributed by atoms with Gasteiger partial charge in [0.05, 0.1) is 13.7 Å². The van der Waals surface area contributed by atoms with E-state index in [9.17, 15) is 0 Å². The SMILES string of the molecule is COc1c(C(C)C)cc(Cl)c(C)c1CCON. The molecule has 2 N–H and O–H groups in total. The molecule has 0 saturated carbocycles. The maximum atomic E-state index is 6.24. The van der Waals surface area contributed by atoms with E-state index in [0.717, 1.165) is 27.5 Å². The normalized spacial score (nSPS) is 11.0. The maximum absolute atomic E-state index is 6.24. The highest BCUT2D eigenvalue weighted by Crippen LogP contribution is 2.36. The Balaban J connectivity index is 3.31. The molecule has 1 rings (SSSR count). The van der Waals surface area contributed by atoms with Gasteiger partial charge in [0.1, 0.15) is 5.75 Å². The summed E-state index contributed by atoms with van der Waals surface area (Å²) in [5.74, 6) is 6.34. The molecule has 0 heterocycles. The average Bonchev–Trinajstić information content (AvgIpc) is 2.30. The number of nitrogens with two attached hydrogens (primary N) is 1. The van der Waals surface area contributed by atoms with Gasteiger partial charge in [-0.2, -0.15) is 0 Å². The minimum Gasteiger partial charge on any atom is -0.496 e. The van der Waals surface area contributed by atoms with Crippen molar-refractivity contribution in [2.24, 2.45) is 5.90 Å². The van der Waals surface area contributed by atoms with E-state index in [2.05, 4.69) is 18.7 Å². The Morgan fingerprint density at radius 3 is 2.53 bits per heavy atom. The fourth-order valence-corrected chi connectivity index (χ4v) is 2.16. The first kappa shape index (κ1) is 14.3. The molecule has 1 aromatic carbocycles. The number of methoxy groups -OCH3 is 1. The third kappa shape index (κ3) is 3.12. The average molecular weight is 258 g/mol. The van der Waals surface area contributed by atoms with Crippen LogP contribution in [0.15, 0.2) is 6.07 Å². The smallest absolute Gasteiger partial charge is 0.125 e. The van der Waals surface area contributed by atoms with Crippen molar-refractivity contribution in [1.82, 2.24) is 0 Å². The summed E-state index contributed by atoms with van der Waals surface area (Å²) in [6.45, 7) is 6.68. The van der Waals surface area contributed by atoms with E-state index in [4.69, 9.17) is 22.2 Å². The molecule has 0 unspecified atom stereocenters. The summed E-state index contributed by atoms with van der Waals surface area (Å²) in [6.07, 6.45) is 0.700. The molecule has 0 atom stereocenters. The van der Waals surface area contributed by atoms with Crippen LogP contribution in [0.25, 0.3) is 0 Å². The molecule has 0 aliphatic heterocycles. The van der Waals surface area contributed by atoms with Gasteiger partial charge in [0.2, 0.25) is 0 Å². The molecule has 0 aliphatic rings. The van der Waals surface area contributed by atoms with Crippen LogP contribution in [0.4, 0.5) is 0 Å². The highest BCUT2D eigenvalue weighted by Gasteiger charge is 2.17. The van der Waals surface area contributed by atoms with Gasteiger partial charge >= 0.3 is 0 Å². The summed E-state index contributed by atoms with van der Waals surface area (Å²) >= 11 is 6.24. The predicted molar refractivity (Wildman–Crippen MR) is 70.7 cm³/mol. The van der Waals surface area contributed by atoms with Gasteiger partial charge in [-0.25, -0.2) is 5.90 Å². The zero-order valence-corrected chi connectivity index (χ0v) is 11.6. The number of benzene rings is 1. The topological polar surface area (TPSA) is 44.5 Å². The van der Waals surface area contributed by atoms with Crippen LogP contribution in [-0.2, 0) is 11.3 Å². The van der Waals surface area contributed by atoms with Crippen LogP contribution in [0.3, 0.4) is 0 Å². The molecule has 4 heteroatoms. The lowest BCUT2D eigenvalue weighted by Gasteiger charge is -2.19. The van der Waals surface area contributed by atoms with Crippen molar-refractivity contribution in [2.75, 3.05) is 13.7 Å². The quantitative estimate of drug-likeness (QED) is 0.824. The van der Waals surface area contributed by atoms with Crippen molar-refractivity contribution in [3.8, 4) is 5.75 Å². The van der Waals surface area contributed by atoms with Crippen LogP contribution < -0.4 is 10.6 Å². The third-order valence-corrected chi connectivity index (χ3v) is 3.32. The summed E-state index contributed by atoms with van der Waals surface area (Å²) in [7, 11) is 1.68. The van der Waals surface area contributed by atoms with Crippen molar-refractivity contribution < 1.29 is 9.57 Å². The molecule has 0 aliphatic carbocycles. The molecular weight excluding hydrogens is 238 g/mol. The zero-order chi connectivity index (χ0) is 13.0. The van der Waals surface area contributed by atoms with E-state index in [-0.39, 0.29) is 0 Å². The Bertz CT molecular complexity index is 391. The van der Waals surface area contributed by atoms with Gasteiger partial charge < -0.3 is 9.57 Å². The monoisotopic (exact) mass is 257 g/mol. The maximum Gasteiger partial charge on any atom is 0.125 e. The van der Waals surface area contributed by atoms with Crippen LogP contribution >= 0.6 is 11.6 Å². The molecule has 3 nitrogen and oxygen atoms in total. The van der Waals surface area contributed by atoms with Crippen molar-refractivity contribution >= 4 is 11.6 Å². The molecule has 0 fully saturated rings. The summed E-state index contributed by atoms with van der Waals surface area (Å²) < 4.78 is 5.52. The van der Waals surface area contributed by atoms with Crippen molar-refractivity contribution in [2.45, 2.75) is 33.1 Å². The van der Waals surface area contributed by atoms with Gasteiger partial charge in [0, 0.05) is 17.0 Å². The fraction of sp³-hybridized carbons (Fsp3) is 0.538. The Hall–Kier alpha value is -0.770. The second-order valence-corrected chi connectivity index (χ2v) is 4.77. The third-order valence-electron chi connectivity index (χ3n) is 2.93. The lowest BCUT2D eigenvalue weighted by atomic mass is 9.94. The number of ether oxygens (including phenoxy) is 1. The molecule has 1 aromatic rings. The van der Waals surface area contributed by atoms with Crippen molar-refractivity contribution in [1.29, 1.82) is 0 Å². The summed E-state index contributed by atoms with van der Waals surface area (Å²) in [4.78, 5) is 4.64. The number of hydrogen-bond acceptors (Lipinski definition) is 3. The molecule has 0 radical (unpaired) electrons. The summed E-state index contributed by atoms with van der Waals surface area (Å²) in [5, 5.41) is 0.765. The molecule has 0 amide bonds. The van der Waals surface area contributed by atoms with E-state index in [1.54, 1.807) is 7.11 Å². The largest absolute Gasteiger partial charge is 0.496 e. The standard InChI is InChI=1S/C13H20ClNO2/c1-8(2)11-7-12(14)9(3)10(5-6-17-15)13(11)16-4/h7-8H,5-6,15H2,1-4H3. The van der Waals surface area contributed by atoms with Gasteiger partial charge in [-0.1, -0.05) is 25.4 Å². The van der Waals surface area contributed by atoms with Gasteiger partial charge in [0.25, 0.3) is 0 Å².